The number of likely N-dealkylation sites (N-methyl/N-ethyl adjacent to an activating group) is 1. The van der Waals surface area contributed by atoms with Gasteiger partial charge in [0.05, 0.1) is 0 Å². The standard InChI is InChI=1S/C12H15N3O/c1-3-10-13-14-11(12(16)15(10)2)9-7-5-4-6-8-9/h4-8,10,13H,3H2,1-2H3. The van der Waals surface area contributed by atoms with Gasteiger partial charge in [-0.05, 0) is 6.42 Å². The van der Waals surface area contributed by atoms with E-state index in [1.807, 2.05) is 37.3 Å². The second kappa shape index (κ2) is 4.35. The average molecular weight is 217 g/mol. The molecule has 0 saturated carbocycles. The van der Waals surface area contributed by atoms with E-state index in [0.29, 0.717) is 5.71 Å². The first-order valence-electron chi connectivity index (χ1n) is 5.40. The Morgan fingerprint density at radius 3 is 2.69 bits per heavy atom. The molecule has 1 aromatic rings. The van der Waals surface area contributed by atoms with Gasteiger partial charge in [0.2, 0.25) is 0 Å². The normalized spacial score (nSPS) is 20.4. The fraction of sp³-hybridized carbons (Fsp3) is 0.333. The molecule has 4 heteroatoms. The molecule has 1 aliphatic rings. The summed E-state index contributed by atoms with van der Waals surface area (Å²) in [5.74, 6) is -0.0307. The number of amides is 1. The Kier molecular flexibility index (Phi) is 2.90. The fourth-order valence-electron chi connectivity index (χ4n) is 1.73. The third-order valence-corrected chi connectivity index (χ3v) is 2.75. The van der Waals surface area contributed by atoms with E-state index in [-0.39, 0.29) is 12.1 Å². The van der Waals surface area contributed by atoms with Gasteiger partial charge in [0, 0.05) is 12.6 Å². The van der Waals surface area contributed by atoms with Gasteiger partial charge < -0.3 is 4.90 Å². The van der Waals surface area contributed by atoms with Crippen molar-refractivity contribution in [2.24, 2.45) is 5.10 Å². The lowest BCUT2D eigenvalue weighted by Gasteiger charge is -2.31. The zero-order chi connectivity index (χ0) is 11.5. The van der Waals surface area contributed by atoms with Crippen LogP contribution in [0.15, 0.2) is 35.4 Å². The summed E-state index contributed by atoms with van der Waals surface area (Å²) in [4.78, 5) is 13.7. The van der Waals surface area contributed by atoms with Crippen LogP contribution in [-0.4, -0.2) is 29.7 Å². The summed E-state index contributed by atoms with van der Waals surface area (Å²) in [6.45, 7) is 2.02. The Labute approximate surface area is 95.0 Å². The third-order valence-electron chi connectivity index (χ3n) is 2.75. The number of hydrogen-bond acceptors (Lipinski definition) is 3. The topological polar surface area (TPSA) is 44.7 Å². The van der Waals surface area contributed by atoms with Crippen LogP contribution in [-0.2, 0) is 4.79 Å². The molecule has 84 valence electrons. The molecule has 16 heavy (non-hydrogen) atoms. The highest BCUT2D eigenvalue weighted by Gasteiger charge is 2.27. The van der Waals surface area contributed by atoms with Crippen LogP contribution >= 0.6 is 0 Å². The molecule has 4 nitrogen and oxygen atoms in total. The van der Waals surface area contributed by atoms with Crippen LogP contribution in [0.2, 0.25) is 0 Å². The Morgan fingerprint density at radius 2 is 2.06 bits per heavy atom. The largest absolute Gasteiger partial charge is 0.319 e. The monoisotopic (exact) mass is 217 g/mol. The van der Waals surface area contributed by atoms with E-state index < -0.39 is 0 Å². The summed E-state index contributed by atoms with van der Waals surface area (Å²) in [7, 11) is 1.79. The van der Waals surface area contributed by atoms with Crippen LogP contribution in [0.5, 0.6) is 0 Å². The van der Waals surface area contributed by atoms with Crippen molar-refractivity contribution < 1.29 is 4.79 Å². The van der Waals surface area contributed by atoms with Crippen molar-refractivity contribution >= 4 is 11.6 Å². The Balaban J connectivity index is 2.31. The van der Waals surface area contributed by atoms with Crippen molar-refractivity contribution in [2.75, 3.05) is 7.05 Å². The number of hydrogen-bond donors (Lipinski definition) is 1. The maximum Gasteiger partial charge on any atom is 0.276 e. The zero-order valence-electron chi connectivity index (χ0n) is 9.47. The Morgan fingerprint density at radius 1 is 1.38 bits per heavy atom. The van der Waals surface area contributed by atoms with Crippen molar-refractivity contribution in [3.05, 3.63) is 35.9 Å². The van der Waals surface area contributed by atoms with E-state index in [0.717, 1.165) is 12.0 Å². The lowest BCUT2D eigenvalue weighted by atomic mass is 10.1. The van der Waals surface area contributed by atoms with Gasteiger partial charge in [-0.1, -0.05) is 37.3 Å². The smallest absolute Gasteiger partial charge is 0.276 e. The Hall–Kier alpha value is -1.84. The molecule has 1 aromatic carbocycles. The molecular formula is C12H15N3O. The molecule has 0 fully saturated rings. The molecule has 1 aliphatic heterocycles. The van der Waals surface area contributed by atoms with Crippen molar-refractivity contribution in [3.8, 4) is 0 Å². The molecule has 0 aliphatic carbocycles. The predicted molar refractivity (Wildman–Crippen MR) is 63.0 cm³/mol. The van der Waals surface area contributed by atoms with E-state index in [9.17, 15) is 4.79 Å². The summed E-state index contributed by atoms with van der Waals surface area (Å²) < 4.78 is 0. The van der Waals surface area contributed by atoms with Crippen LogP contribution in [0.3, 0.4) is 0 Å². The SMILES string of the molecule is CCC1NN=C(c2ccccc2)C(=O)N1C. The highest BCUT2D eigenvalue weighted by molar-refractivity contribution is 6.45. The molecule has 0 spiro atoms. The fourth-order valence-corrected chi connectivity index (χ4v) is 1.73. The Bertz CT molecular complexity index is 414. The van der Waals surface area contributed by atoms with Gasteiger partial charge in [0.1, 0.15) is 6.17 Å². The first kappa shape index (κ1) is 10.7. The van der Waals surface area contributed by atoms with Crippen molar-refractivity contribution in [1.82, 2.24) is 10.3 Å². The molecule has 0 saturated heterocycles. The number of hydrazone groups is 1. The first-order chi connectivity index (χ1) is 7.74. The summed E-state index contributed by atoms with van der Waals surface area (Å²) in [5.41, 5.74) is 4.32. The summed E-state index contributed by atoms with van der Waals surface area (Å²) in [6.07, 6.45) is 0.841. The quantitative estimate of drug-likeness (QED) is 0.808. The van der Waals surface area contributed by atoms with Gasteiger partial charge >= 0.3 is 0 Å². The summed E-state index contributed by atoms with van der Waals surface area (Å²) in [5, 5.41) is 4.16. The first-order valence-corrected chi connectivity index (χ1v) is 5.40. The van der Waals surface area contributed by atoms with E-state index in [1.54, 1.807) is 11.9 Å². The van der Waals surface area contributed by atoms with Crippen LogP contribution in [0.1, 0.15) is 18.9 Å². The second-order valence-corrected chi connectivity index (χ2v) is 3.80. The molecule has 1 N–H and O–H groups in total. The molecule has 0 radical (unpaired) electrons. The van der Waals surface area contributed by atoms with Crippen LogP contribution in [0.25, 0.3) is 0 Å². The summed E-state index contributed by atoms with van der Waals surface area (Å²) in [6, 6.07) is 9.49. The highest BCUT2D eigenvalue weighted by Crippen LogP contribution is 2.10. The number of carbonyl (C=O) groups is 1. The lowest BCUT2D eigenvalue weighted by molar-refractivity contribution is -0.126. The van der Waals surface area contributed by atoms with Gasteiger partial charge in [0.15, 0.2) is 5.71 Å². The number of carbonyl (C=O) groups excluding carboxylic acids is 1. The van der Waals surface area contributed by atoms with Gasteiger partial charge in [0.25, 0.3) is 5.91 Å². The van der Waals surface area contributed by atoms with Crippen LogP contribution in [0, 0.1) is 0 Å². The lowest BCUT2D eigenvalue weighted by Crippen LogP contribution is -2.51. The number of benzene rings is 1. The van der Waals surface area contributed by atoms with Crippen molar-refractivity contribution in [2.45, 2.75) is 19.5 Å². The maximum absolute atomic E-state index is 12.1. The van der Waals surface area contributed by atoms with E-state index in [4.69, 9.17) is 0 Å². The highest BCUT2D eigenvalue weighted by atomic mass is 16.2. The summed E-state index contributed by atoms with van der Waals surface area (Å²) >= 11 is 0. The molecule has 1 unspecified atom stereocenters. The number of nitrogens with one attached hydrogen (secondary N) is 1. The van der Waals surface area contributed by atoms with E-state index in [2.05, 4.69) is 10.5 Å². The van der Waals surface area contributed by atoms with Gasteiger partial charge in [-0.3, -0.25) is 10.2 Å². The minimum atomic E-state index is -0.0307. The number of nitrogens with zero attached hydrogens (tertiary/aromatic N) is 2. The minimum absolute atomic E-state index is 0.0000350. The van der Waals surface area contributed by atoms with E-state index >= 15 is 0 Å². The minimum Gasteiger partial charge on any atom is -0.319 e. The molecule has 1 amide bonds. The number of rotatable bonds is 2. The van der Waals surface area contributed by atoms with Gasteiger partial charge in [-0.2, -0.15) is 5.10 Å². The van der Waals surface area contributed by atoms with Gasteiger partial charge in [-0.15, -0.1) is 0 Å². The van der Waals surface area contributed by atoms with Crippen LogP contribution in [0.4, 0.5) is 0 Å². The van der Waals surface area contributed by atoms with E-state index in [1.165, 1.54) is 0 Å². The average Bonchev–Trinajstić information content (AvgIpc) is 2.34. The molecule has 2 rings (SSSR count). The predicted octanol–water partition coefficient (Wildman–Crippen LogP) is 1.19. The van der Waals surface area contributed by atoms with Crippen LogP contribution < -0.4 is 5.43 Å². The molecule has 1 atom stereocenters. The third kappa shape index (κ3) is 1.78. The maximum atomic E-state index is 12.1. The molecule has 0 bridgehead atoms. The molecule has 1 heterocycles. The molecular weight excluding hydrogens is 202 g/mol. The zero-order valence-corrected chi connectivity index (χ0v) is 9.47. The van der Waals surface area contributed by atoms with Gasteiger partial charge in [-0.25, -0.2) is 0 Å². The van der Waals surface area contributed by atoms with Crippen molar-refractivity contribution in [1.29, 1.82) is 0 Å². The molecule has 0 aromatic heterocycles. The van der Waals surface area contributed by atoms with Crippen molar-refractivity contribution in [3.63, 3.8) is 0 Å². The second-order valence-electron chi connectivity index (χ2n) is 3.80.